The lowest BCUT2D eigenvalue weighted by Gasteiger charge is -2.36. The van der Waals surface area contributed by atoms with Crippen LogP contribution in [0, 0.1) is 5.92 Å². The normalized spacial score (nSPS) is 26.5. The Labute approximate surface area is 223 Å². The van der Waals surface area contributed by atoms with Crippen LogP contribution in [0.5, 0.6) is 0 Å². The van der Waals surface area contributed by atoms with Crippen LogP contribution in [0.15, 0.2) is 47.4 Å². The molecule has 0 aromatic heterocycles. The lowest BCUT2D eigenvalue weighted by molar-refractivity contribution is -0.153. The number of rotatable bonds is 4. The lowest BCUT2D eigenvalue weighted by Crippen LogP contribution is -2.46. The van der Waals surface area contributed by atoms with Gasteiger partial charge in [-0.1, -0.05) is 49.1 Å². The van der Waals surface area contributed by atoms with Gasteiger partial charge >= 0.3 is 5.97 Å². The van der Waals surface area contributed by atoms with Crippen LogP contribution >= 0.6 is 11.6 Å². The summed E-state index contributed by atoms with van der Waals surface area (Å²) in [4.78, 5) is 15.8. The number of likely N-dealkylation sites (N-methyl/N-ethyl adjacent to an activating group) is 1. The number of carbonyl (C=O) groups is 1. The molecule has 5 rings (SSSR count). The summed E-state index contributed by atoms with van der Waals surface area (Å²) in [5.74, 6) is -0.673. The number of nitrogens with zero attached hydrogens (tertiary/aromatic N) is 3. The van der Waals surface area contributed by atoms with Gasteiger partial charge < -0.3 is 14.5 Å². The third kappa shape index (κ3) is 4.70. The van der Waals surface area contributed by atoms with Gasteiger partial charge in [0.05, 0.1) is 30.1 Å². The molecule has 0 bridgehead atoms. The minimum Gasteiger partial charge on any atom is -0.467 e. The average molecular weight is 550 g/mol. The second kappa shape index (κ2) is 10.1. The number of carbonyl (C=O) groups excluding carboxylic acids is 1. The smallest absolute Gasteiger partial charge is 0.345 e. The molecule has 10 heteroatoms. The third-order valence-corrected chi connectivity index (χ3v) is 10.4. The van der Waals surface area contributed by atoms with Crippen molar-refractivity contribution in [3.05, 3.63) is 47.5 Å². The average Bonchev–Trinajstić information content (AvgIpc) is 3.28. The van der Waals surface area contributed by atoms with E-state index >= 15 is 4.39 Å². The number of hydrogen-bond acceptors (Lipinski definition) is 6. The van der Waals surface area contributed by atoms with E-state index in [-0.39, 0.29) is 36.4 Å². The van der Waals surface area contributed by atoms with Crippen molar-refractivity contribution in [2.45, 2.75) is 55.1 Å². The molecular weight excluding hydrogens is 517 g/mol. The number of anilines is 3. The monoisotopic (exact) mass is 549 g/mol. The van der Waals surface area contributed by atoms with Gasteiger partial charge in [-0.25, -0.2) is 17.6 Å². The fourth-order valence-corrected chi connectivity index (χ4v) is 7.95. The summed E-state index contributed by atoms with van der Waals surface area (Å²) in [6.45, 7) is 0.473. The standard InChI is InChI=1S/C27H33ClFN3O4S/c1-30-24(19-9-5-3-6-10-19)17-32(20-11-7-4-8-12-20)23-15-21(28)22(16-25(23)37(30,34)35)31-14-13-27(29,18-31)26(33)36-2/h4,7-8,11-12,15-16,19,24H,3,5-6,9-10,13-14,17-18H2,1-2H3/t24-,27?/m0/s1. The lowest BCUT2D eigenvalue weighted by atomic mass is 9.83. The van der Waals surface area contributed by atoms with Crippen molar-refractivity contribution in [2.75, 3.05) is 43.6 Å². The molecule has 0 amide bonds. The van der Waals surface area contributed by atoms with E-state index in [1.54, 1.807) is 24.1 Å². The zero-order valence-corrected chi connectivity index (χ0v) is 22.8. The molecular formula is C27H33ClFN3O4S. The molecule has 0 spiro atoms. The second-order valence-corrected chi connectivity index (χ2v) is 12.7. The van der Waals surface area contributed by atoms with Gasteiger partial charge in [-0.2, -0.15) is 4.31 Å². The van der Waals surface area contributed by atoms with E-state index in [0.29, 0.717) is 22.9 Å². The summed E-state index contributed by atoms with van der Waals surface area (Å²) < 4.78 is 49.6. The Morgan fingerprint density at radius 3 is 2.49 bits per heavy atom. The Morgan fingerprint density at radius 1 is 1.11 bits per heavy atom. The second-order valence-electron chi connectivity index (χ2n) is 10.3. The summed E-state index contributed by atoms with van der Waals surface area (Å²) in [7, 11) is -1.07. The number of benzene rings is 2. The van der Waals surface area contributed by atoms with E-state index in [4.69, 9.17) is 11.6 Å². The van der Waals surface area contributed by atoms with Crippen molar-refractivity contribution >= 4 is 44.7 Å². The molecule has 2 fully saturated rings. The third-order valence-electron chi connectivity index (χ3n) is 8.19. The number of sulfonamides is 1. The molecule has 3 aliphatic rings. The number of para-hydroxylation sites is 1. The topological polar surface area (TPSA) is 70.2 Å². The van der Waals surface area contributed by atoms with Gasteiger partial charge in [0.25, 0.3) is 0 Å². The fourth-order valence-electron chi connectivity index (χ4n) is 6.07. The quantitative estimate of drug-likeness (QED) is 0.491. The first-order chi connectivity index (χ1) is 17.7. The van der Waals surface area contributed by atoms with Crippen LogP contribution < -0.4 is 9.80 Å². The van der Waals surface area contributed by atoms with Crippen molar-refractivity contribution in [3.63, 3.8) is 0 Å². The minimum absolute atomic E-state index is 0.0559. The Bertz CT molecular complexity index is 1270. The molecule has 200 valence electrons. The van der Waals surface area contributed by atoms with Gasteiger partial charge in [0.1, 0.15) is 4.90 Å². The first-order valence-electron chi connectivity index (χ1n) is 12.8. The first kappa shape index (κ1) is 26.3. The zero-order chi connectivity index (χ0) is 26.4. The van der Waals surface area contributed by atoms with Gasteiger partial charge in [-0.05, 0) is 43.0 Å². The Morgan fingerprint density at radius 2 is 1.81 bits per heavy atom. The zero-order valence-electron chi connectivity index (χ0n) is 21.2. The number of ether oxygens (including phenoxy) is 1. The molecule has 2 aliphatic heterocycles. The molecule has 2 heterocycles. The summed E-state index contributed by atoms with van der Waals surface area (Å²) in [6, 6.07) is 12.7. The summed E-state index contributed by atoms with van der Waals surface area (Å²) in [5, 5.41) is 0.308. The van der Waals surface area contributed by atoms with Crippen LogP contribution in [0.3, 0.4) is 0 Å². The van der Waals surface area contributed by atoms with E-state index in [2.05, 4.69) is 4.74 Å². The van der Waals surface area contributed by atoms with Gasteiger partial charge in [0.2, 0.25) is 15.7 Å². The molecule has 2 atom stereocenters. The predicted molar refractivity (Wildman–Crippen MR) is 143 cm³/mol. The van der Waals surface area contributed by atoms with E-state index in [9.17, 15) is 13.2 Å². The molecule has 2 aromatic rings. The number of fused-ring (bicyclic) bond motifs is 1. The van der Waals surface area contributed by atoms with Crippen molar-refractivity contribution in [2.24, 2.45) is 5.92 Å². The molecule has 0 radical (unpaired) electrons. The van der Waals surface area contributed by atoms with Crippen LogP contribution in [0.4, 0.5) is 21.5 Å². The maximum Gasteiger partial charge on any atom is 0.345 e. The number of esters is 1. The summed E-state index contributed by atoms with van der Waals surface area (Å²) in [5.41, 5.74) is -0.384. The highest BCUT2D eigenvalue weighted by atomic mass is 35.5. The van der Waals surface area contributed by atoms with Gasteiger partial charge in [0.15, 0.2) is 0 Å². The molecule has 7 nitrogen and oxygen atoms in total. The molecule has 1 aliphatic carbocycles. The molecule has 2 aromatic carbocycles. The van der Waals surface area contributed by atoms with Crippen LogP contribution in [-0.4, -0.2) is 64.2 Å². The first-order valence-corrected chi connectivity index (χ1v) is 14.6. The van der Waals surface area contributed by atoms with E-state index in [1.807, 2.05) is 35.2 Å². The highest BCUT2D eigenvalue weighted by molar-refractivity contribution is 7.89. The maximum absolute atomic E-state index is 15.2. The number of halogens is 2. The van der Waals surface area contributed by atoms with Crippen LogP contribution in [0.1, 0.15) is 38.5 Å². The van der Waals surface area contributed by atoms with Crippen LogP contribution in [0.25, 0.3) is 0 Å². The van der Waals surface area contributed by atoms with Crippen LogP contribution in [-0.2, 0) is 19.6 Å². The van der Waals surface area contributed by atoms with Gasteiger partial charge in [-0.15, -0.1) is 0 Å². The van der Waals surface area contributed by atoms with E-state index in [1.165, 1.54) is 10.7 Å². The SMILES string of the molecule is COC(=O)C1(F)CCN(c2cc3c(cc2Cl)N(c2ccccc2)C[C@@H](C2CCCCC2)N(C)S3(=O)=O)C1. The van der Waals surface area contributed by atoms with Crippen molar-refractivity contribution < 1.29 is 22.3 Å². The minimum atomic E-state index is -3.89. The maximum atomic E-state index is 15.2. The number of alkyl halides is 1. The fraction of sp³-hybridized carbons (Fsp3) is 0.519. The Balaban J connectivity index is 1.62. The van der Waals surface area contributed by atoms with Gasteiger partial charge in [0, 0.05) is 38.3 Å². The summed E-state index contributed by atoms with van der Waals surface area (Å²) >= 11 is 6.75. The number of hydrogen-bond donors (Lipinski definition) is 0. The van der Waals surface area contributed by atoms with Crippen LogP contribution in [0.2, 0.25) is 5.02 Å². The molecule has 1 saturated carbocycles. The summed E-state index contributed by atoms with van der Waals surface area (Å²) in [6.07, 6.45) is 5.32. The highest BCUT2D eigenvalue weighted by Gasteiger charge is 2.47. The molecule has 37 heavy (non-hydrogen) atoms. The van der Waals surface area contributed by atoms with E-state index in [0.717, 1.165) is 38.5 Å². The molecule has 1 unspecified atom stereocenters. The van der Waals surface area contributed by atoms with Gasteiger partial charge in [-0.3, -0.25) is 0 Å². The van der Waals surface area contributed by atoms with Crippen molar-refractivity contribution in [3.8, 4) is 0 Å². The molecule has 0 N–H and O–H groups in total. The largest absolute Gasteiger partial charge is 0.467 e. The van der Waals surface area contributed by atoms with Crippen molar-refractivity contribution in [1.82, 2.24) is 4.31 Å². The highest BCUT2D eigenvalue weighted by Crippen LogP contribution is 2.45. The predicted octanol–water partition coefficient (Wildman–Crippen LogP) is 5.15. The van der Waals surface area contributed by atoms with Crippen molar-refractivity contribution in [1.29, 1.82) is 0 Å². The van der Waals surface area contributed by atoms with E-state index < -0.39 is 21.7 Å². The Kier molecular flexibility index (Phi) is 7.15. The molecule has 1 saturated heterocycles. The number of methoxy groups -OCH3 is 1. The Hall–Kier alpha value is -2.36.